The van der Waals surface area contributed by atoms with Crippen LogP contribution < -0.4 is 9.68 Å². The Morgan fingerprint density at radius 1 is 1.11 bits per heavy atom. The Hall–Kier alpha value is -0.585. The second-order valence-electron chi connectivity index (χ2n) is 5.93. The SMILES string of the molecule is Cc1nc(N(C)C)sc1B1OC(C)(C)C(C)(C)O1. The molecule has 0 spiro atoms. The van der Waals surface area contributed by atoms with Crippen LogP contribution in [0.15, 0.2) is 0 Å². The van der Waals surface area contributed by atoms with E-state index in [0.29, 0.717) is 0 Å². The van der Waals surface area contributed by atoms with E-state index in [-0.39, 0.29) is 18.3 Å². The summed E-state index contributed by atoms with van der Waals surface area (Å²) in [6, 6.07) is 0. The molecule has 1 aromatic rings. The first-order chi connectivity index (χ1) is 8.14. The first kappa shape index (κ1) is 13.8. The van der Waals surface area contributed by atoms with Gasteiger partial charge in [0.2, 0.25) is 0 Å². The molecule has 0 radical (unpaired) electrons. The highest BCUT2D eigenvalue weighted by Gasteiger charge is 2.52. The molecule has 18 heavy (non-hydrogen) atoms. The fraction of sp³-hybridized carbons (Fsp3) is 0.750. The van der Waals surface area contributed by atoms with Gasteiger partial charge in [-0.2, -0.15) is 0 Å². The van der Waals surface area contributed by atoms with E-state index in [2.05, 4.69) is 32.7 Å². The van der Waals surface area contributed by atoms with Crippen molar-refractivity contribution in [3.63, 3.8) is 0 Å². The van der Waals surface area contributed by atoms with E-state index < -0.39 is 0 Å². The third-order valence-corrected chi connectivity index (χ3v) is 5.02. The van der Waals surface area contributed by atoms with E-state index in [9.17, 15) is 0 Å². The summed E-state index contributed by atoms with van der Waals surface area (Å²) in [7, 11) is 3.68. The predicted molar refractivity (Wildman–Crippen MR) is 76.9 cm³/mol. The summed E-state index contributed by atoms with van der Waals surface area (Å²) < 4.78 is 13.2. The van der Waals surface area contributed by atoms with Gasteiger partial charge in [0, 0.05) is 14.1 Å². The molecular formula is C12H21BN2O2S. The molecule has 0 aliphatic carbocycles. The lowest BCUT2D eigenvalue weighted by Gasteiger charge is -2.32. The lowest BCUT2D eigenvalue weighted by Crippen LogP contribution is -2.41. The van der Waals surface area contributed by atoms with Crippen LogP contribution in [0.1, 0.15) is 33.4 Å². The number of aromatic nitrogens is 1. The molecule has 2 heterocycles. The van der Waals surface area contributed by atoms with Crippen LogP contribution in [0.3, 0.4) is 0 Å². The maximum absolute atomic E-state index is 6.05. The van der Waals surface area contributed by atoms with Gasteiger partial charge < -0.3 is 14.2 Å². The molecule has 0 unspecified atom stereocenters. The fourth-order valence-electron chi connectivity index (χ4n) is 1.75. The minimum atomic E-state index is -0.304. The van der Waals surface area contributed by atoms with E-state index >= 15 is 0 Å². The molecule has 0 atom stereocenters. The van der Waals surface area contributed by atoms with E-state index in [1.54, 1.807) is 11.3 Å². The molecule has 0 bridgehead atoms. The van der Waals surface area contributed by atoms with Crippen LogP contribution >= 0.6 is 11.3 Å². The second kappa shape index (κ2) is 4.22. The third-order valence-electron chi connectivity index (χ3n) is 3.67. The number of thiazole rings is 1. The number of nitrogens with zero attached hydrogens (tertiary/aromatic N) is 2. The summed E-state index contributed by atoms with van der Waals surface area (Å²) in [5.74, 6) is 0. The van der Waals surface area contributed by atoms with Gasteiger partial charge in [-0.3, -0.25) is 0 Å². The molecule has 1 aliphatic heterocycles. The number of hydrogen-bond acceptors (Lipinski definition) is 5. The van der Waals surface area contributed by atoms with Gasteiger partial charge in [-0.1, -0.05) is 0 Å². The Labute approximate surface area is 113 Å². The summed E-state index contributed by atoms with van der Waals surface area (Å²) in [6.07, 6.45) is 0. The molecule has 100 valence electrons. The highest BCUT2D eigenvalue weighted by Crippen LogP contribution is 2.37. The van der Waals surface area contributed by atoms with Crippen molar-refractivity contribution in [2.75, 3.05) is 19.0 Å². The Bertz CT molecular complexity index is 441. The molecule has 0 aromatic carbocycles. The van der Waals surface area contributed by atoms with Gasteiger partial charge in [0.1, 0.15) is 0 Å². The van der Waals surface area contributed by atoms with Gasteiger partial charge >= 0.3 is 7.12 Å². The molecule has 1 fully saturated rings. The summed E-state index contributed by atoms with van der Waals surface area (Å²) in [5.41, 5.74) is 0.390. The van der Waals surface area contributed by atoms with Crippen LogP contribution in [0.2, 0.25) is 0 Å². The number of hydrogen-bond donors (Lipinski definition) is 0. The maximum Gasteiger partial charge on any atom is 0.507 e. The summed E-state index contributed by atoms with van der Waals surface area (Å²) >= 11 is 1.63. The molecule has 4 nitrogen and oxygen atoms in total. The van der Waals surface area contributed by atoms with Crippen LogP contribution in [0.25, 0.3) is 0 Å². The normalized spacial score (nSPS) is 21.4. The Morgan fingerprint density at radius 2 is 1.61 bits per heavy atom. The first-order valence-corrected chi connectivity index (χ1v) is 6.96. The smallest absolute Gasteiger partial charge is 0.399 e. The monoisotopic (exact) mass is 268 g/mol. The highest BCUT2D eigenvalue weighted by atomic mass is 32.1. The molecule has 1 aromatic heterocycles. The minimum Gasteiger partial charge on any atom is -0.399 e. The summed E-state index contributed by atoms with van der Waals surface area (Å²) in [4.78, 5) is 6.54. The summed E-state index contributed by atoms with van der Waals surface area (Å²) in [5, 5.41) is 0.984. The molecule has 1 aliphatic rings. The minimum absolute atomic E-state index is 0.299. The molecule has 0 N–H and O–H groups in total. The second-order valence-corrected chi connectivity index (χ2v) is 6.94. The number of rotatable bonds is 2. The van der Waals surface area contributed by atoms with Crippen molar-refractivity contribution in [1.29, 1.82) is 0 Å². The van der Waals surface area contributed by atoms with E-state index in [4.69, 9.17) is 9.31 Å². The molecular weight excluding hydrogens is 247 g/mol. The van der Waals surface area contributed by atoms with Gasteiger partial charge in [0.05, 0.1) is 21.7 Å². The van der Waals surface area contributed by atoms with Crippen LogP contribution in [0.4, 0.5) is 5.13 Å². The van der Waals surface area contributed by atoms with Gasteiger partial charge in [-0.15, -0.1) is 11.3 Å². The van der Waals surface area contributed by atoms with Crippen molar-refractivity contribution in [3.05, 3.63) is 5.69 Å². The van der Waals surface area contributed by atoms with Crippen molar-refractivity contribution in [2.24, 2.45) is 0 Å². The van der Waals surface area contributed by atoms with Gasteiger partial charge in [-0.25, -0.2) is 4.98 Å². The standard InChI is InChI=1S/C12H21BN2O2S/c1-8-9(18-10(14-8)15(6)7)13-16-11(2,3)12(4,5)17-13/h1-7H3. The summed E-state index contributed by atoms with van der Waals surface area (Å²) in [6.45, 7) is 10.3. The van der Waals surface area contributed by atoms with Crippen LogP contribution in [0, 0.1) is 6.92 Å². The lowest BCUT2D eigenvalue weighted by atomic mass is 9.86. The number of anilines is 1. The zero-order valence-electron chi connectivity index (χ0n) is 12.2. The van der Waals surface area contributed by atoms with Gasteiger partial charge in [-0.05, 0) is 34.6 Å². The average Bonchev–Trinajstić information content (AvgIpc) is 2.66. The molecule has 6 heteroatoms. The van der Waals surface area contributed by atoms with Gasteiger partial charge in [0.25, 0.3) is 0 Å². The Balaban J connectivity index is 2.30. The van der Waals surface area contributed by atoms with Crippen molar-refractivity contribution in [3.8, 4) is 0 Å². The zero-order chi connectivity index (χ0) is 13.7. The van der Waals surface area contributed by atoms with E-state index in [1.165, 1.54) is 0 Å². The van der Waals surface area contributed by atoms with Crippen LogP contribution in [-0.4, -0.2) is 37.4 Å². The first-order valence-electron chi connectivity index (χ1n) is 6.14. The van der Waals surface area contributed by atoms with Gasteiger partial charge in [0.15, 0.2) is 5.13 Å². The average molecular weight is 268 g/mol. The molecule has 1 saturated heterocycles. The quantitative estimate of drug-likeness (QED) is 0.766. The Morgan fingerprint density at radius 3 is 2.00 bits per heavy atom. The third kappa shape index (κ3) is 2.17. The maximum atomic E-state index is 6.05. The van der Waals surface area contributed by atoms with Crippen LogP contribution in [0.5, 0.6) is 0 Å². The lowest BCUT2D eigenvalue weighted by molar-refractivity contribution is 0.00578. The zero-order valence-corrected chi connectivity index (χ0v) is 13.0. The molecule has 0 saturated carbocycles. The van der Waals surface area contributed by atoms with Crippen molar-refractivity contribution in [2.45, 2.75) is 45.8 Å². The van der Waals surface area contributed by atoms with E-state index in [0.717, 1.165) is 15.6 Å². The van der Waals surface area contributed by atoms with Crippen LogP contribution in [-0.2, 0) is 9.31 Å². The number of aryl methyl sites for hydroxylation is 1. The van der Waals surface area contributed by atoms with E-state index in [1.807, 2.05) is 25.9 Å². The molecule has 0 amide bonds. The topological polar surface area (TPSA) is 34.6 Å². The molecule has 2 rings (SSSR count). The predicted octanol–water partition coefficient (Wildman–Crippen LogP) is 1.82. The van der Waals surface area contributed by atoms with Crippen molar-refractivity contribution < 1.29 is 9.31 Å². The fourth-order valence-corrected chi connectivity index (χ4v) is 2.70. The largest absolute Gasteiger partial charge is 0.507 e. The van der Waals surface area contributed by atoms with Crippen molar-refractivity contribution in [1.82, 2.24) is 4.98 Å². The highest BCUT2D eigenvalue weighted by molar-refractivity contribution is 7.25. The Kier molecular flexibility index (Phi) is 3.24. The van der Waals surface area contributed by atoms with Crippen molar-refractivity contribution >= 4 is 28.4 Å².